The molecule has 4 aromatic rings. The minimum Gasteiger partial charge on any atom is -0.364 e. The van der Waals surface area contributed by atoms with Gasteiger partial charge in [0.25, 0.3) is 0 Å². The summed E-state index contributed by atoms with van der Waals surface area (Å²) < 4.78 is 26.8. The van der Waals surface area contributed by atoms with Crippen molar-refractivity contribution in [2.75, 3.05) is 5.32 Å². The lowest BCUT2D eigenvalue weighted by Gasteiger charge is -2.08. The van der Waals surface area contributed by atoms with Crippen molar-refractivity contribution in [2.24, 2.45) is 0 Å². The van der Waals surface area contributed by atoms with E-state index in [-0.39, 0.29) is 0 Å². The summed E-state index contributed by atoms with van der Waals surface area (Å²) in [6.07, 6.45) is 3.21. The summed E-state index contributed by atoms with van der Waals surface area (Å²) in [5.74, 6) is -1.11. The molecule has 25 heavy (non-hydrogen) atoms. The van der Waals surface area contributed by atoms with Crippen molar-refractivity contribution in [3.8, 4) is 11.1 Å². The minimum absolute atomic E-state index is 0.500. The Morgan fingerprint density at radius 3 is 2.72 bits per heavy atom. The number of anilines is 1. The number of hydrogen-bond donors (Lipinski definition) is 1. The summed E-state index contributed by atoms with van der Waals surface area (Å²) in [6, 6.07) is 9.54. The van der Waals surface area contributed by atoms with E-state index in [0.717, 1.165) is 27.5 Å². The monoisotopic (exact) mass is 354 g/mol. The molecule has 0 radical (unpaired) electrons. The number of nitrogens with zero attached hydrogens (tertiary/aromatic N) is 3. The fraction of sp³-hybridized carbons (Fsp3) is 0.0556. The van der Waals surface area contributed by atoms with Crippen LogP contribution in [0.5, 0.6) is 0 Å². The Balaban J connectivity index is 1.75. The quantitative estimate of drug-likeness (QED) is 0.580. The summed E-state index contributed by atoms with van der Waals surface area (Å²) >= 11 is 1.43. The van der Waals surface area contributed by atoms with Crippen molar-refractivity contribution in [3.05, 3.63) is 71.6 Å². The Labute approximate surface area is 146 Å². The van der Waals surface area contributed by atoms with Gasteiger partial charge >= 0.3 is 0 Å². The zero-order valence-electron chi connectivity index (χ0n) is 12.9. The van der Waals surface area contributed by atoms with E-state index in [9.17, 15) is 8.78 Å². The SMILES string of the molecule is Fc1ccc(-c2csc3ncnc(NCc4ccccn4)c23)cc1F. The number of halogens is 2. The van der Waals surface area contributed by atoms with Gasteiger partial charge in [-0.25, -0.2) is 18.7 Å². The molecule has 3 heterocycles. The molecule has 124 valence electrons. The second kappa shape index (κ2) is 6.52. The van der Waals surface area contributed by atoms with Gasteiger partial charge in [-0.05, 0) is 29.8 Å². The predicted octanol–water partition coefficient (Wildman–Crippen LogP) is 4.64. The summed E-state index contributed by atoms with van der Waals surface area (Å²) in [5, 5.41) is 5.91. The maximum atomic E-state index is 13.6. The van der Waals surface area contributed by atoms with E-state index < -0.39 is 11.6 Å². The van der Waals surface area contributed by atoms with Gasteiger partial charge in [0.15, 0.2) is 11.6 Å². The van der Waals surface area contributed by atoms with Crippen LogP contribution in [0, 0.1) is 11.6 Å². The minimum atomic E-state index is -0.878. The molecule has 1 N–H and O–H groups in total. The lowest BCUT2D eigenvalue weighted by Crippen LogP contribution is -2.03. The summed E-state index contributed by atoms with van der Waals surface area (Å²) in [4.78, 5) is 13.6. The molecule has 0 unspecified atom stereocenters. The molecule has 4 nitrogen and oxygen atoms in total. The average Bonchev–Trinajstić information content (AvgIpc) is 3.08. The molecule has 0 spiro atoms. The third-order valence-electron chi connectivity index (χ3n) is 3.76. The van der Waals surface area contributed by atoms with Crippen LogP contribution in [0.1, 0.15) is 5.69 Å². The van der Waals surface area contributed by atoms with E-state index in [0.29, 0.717) is 17.9 Å². The smallest absolute Gasteiger partial charge is 0.159 e. The average molecular weight is 354 g/mol. The maximum Gasteiger partial charge on any atom is 0.159 e. The first-order valence-electron chi connectivity index (χ1n) is 7.54. The van der Waals surface area contributed by atoms with E-state index in [2.05, 4.69) is 20.3 Å². The largest absolute Gasteiger partial charge is 0.364 e. The maximum absolute atomic E-state index is 13.6. The molecule has 0 saturated heterocycles. The van der Waals surface area contributed by atoms with Crippen molar-refractivity contribution in [1.29, 1.82) is 0 Å². The van der Waals surface area contributed by atoms with E-state index in [1.165, 1.54) is 23.7 Å². The Kier molecular flexibility index (Phi) is 4.07. The molecule has 0 amide bonds. The number of nitrogens with one attached hydrogen (secondary N) is 1. The molecule has 7 heteroatoms. The molecule has 0 atom stereocenters. The number of aromatic nitrogens is 3. The molecule has 0 fully saturated rings. The highest BCUT2D eigenvalue weighted by molar-refractivity contribution is 7.17. The molecule has 0 aliphatic carbocycles. The van der Waals surface area contributed by atoms with Gasteiger partial charge < -0.3 is 5.32 Å². The van der Waals surface area contributed by atoms with Gasteiger partial charge in [0.05, 0.1) is 17.6 Å². The highest BCUT2D eigenvalue weighted by Crippen LogP contribution is 2.36. The van der Waals surface area contributed by atoms with Crippen molar-refractivity contribution in [3.63, 3.8) is 0 Å². The second-order valence-corrected chi connectivity index (χ2v) is 6.21. The Morgan fingerprint density at radius 1 is 1.00 bits per heavy atom. The number of thiophene rings is 1. The van der Waals surface area contributed by atoms with E-state index in [4.69, 9.17) is 0 Å². The van der Waals surface area contributed by atoms with Crippen LogP contribution in [0.4, 0.5) is 14.6 Å². The third kappa shape index (κ3) is 3.06. The van der Waals surface area contributed by atoms with Crippen molar-refractivity contribution >= 4 is 27.4 Å². The van der Waals surface area contributed by atoms with Gasteiger partial charge in [-0.1, -0.05) is 12.1 Å². The van der Waals surface area contributed by atoms with Gasteiger partial charge in [0.1, 0.15) is 17.0 Å². The zero-order valence-corrected chi connectivity index (χ0v) is 13.7. The van der Waals surface area contributed by atoms with Crippen molar-refractivity contribution in [1.82, 2.24) is 15.0 Å². The molecule has 1 aromatic carbocycles. The summed E-state index contributed by atoms with van der Waals surface area (Å²) in [6.45, 7) is 0.500. The number of hydrogen-bond acceptors (Lipinski definition) is 5. The van der Waals surface area contributed by atoms with Gasteiger partial charge in [-0.15, -0.1) is 11.3 Å². The number of benzene rings is 1. The van der Waals surface area contributed by atoms with Crippen LogP contribution in [0.15, 0.2) is 54.3 Å². The fourth-order valence-electron chi connectivity index (χ4n) is 2.56. The summed E-state index contributed by atoms with van der Waals surface area (Å²) in [7, 11) is 0. The Morgan fingerprint density at radius 2 is 1.92 bits per heavy atom. The predicted molar refractivity (Wildman–Crippen MR) is 94.3 cm³/mol. The molecular formula is C18H12F2N4S. The first-order valence-corrected chi connectivity index (χ1v) is 8.42. The first kappa shape index (κ1) is 15.6. The van der Waals surface area contributed by atoms with Crippen LogP contribution in [0.2, 0.25) is 0 Å². The van der Waals surface area contributed by atoms with Crippen LogP contribution in [-0.4, -0.2) is 15.0 Å². The fourth-order valence-corrected chi connectivity index (χ4v) is 3.48. The lowest BCUT2D eigenvalue weighted by molar-refractivity contribution is 0.509. The highest BCUT2D eigenvalue weighted by Gasteiger charge is 2.14. The van der Waals surface area contributed by atoms with E-state index in [1.807, 2.05) is 23.6 Å². The Hall–Kier alpha value is -2.93. The molecule has 4 rings (SSSR count). The zero-order chi connectivity index (χ0) is 17.2. The molecular weight excluding hydrogens is 342 g/mol. The summed E-state index contributed by atoms with van der Waals surface area (Å²) in [5.41, 5.74) is 2.22. The van der Waals surface area contributed by atoms with Crippen LogP contribution in [0.25, 0.3) is 21.3 Å². The Bertz CT molecular complexity index is 1030. The van der Waals surface area contributed by atoms with Crippen LogP contribution in [-0.2, 0) is 6.54 Å². The van der Waals surface area contributed by atoms with E-state index >= 15 is 0 Å². The van der Waals surface area contributed by atoms with Crippen molar-refractivity contribution in [2.45, 2.75) is 6.54 Å². The molecule has 0 aliphatic heterocycles. The van der Waals surface area contributed by atoms with Gasteiger partial charge in [-0.3, -0.25) is 4.98 Å². The lowest BCUT2D eigenvalue weighted by atomic mass is 10.1. The molecule has 0 saturated carbocycles. The van der Waals surface area contributed by atoms with Gasteiger partial charge in [0.2, 0.25) is 0 Å². The molecule has 0 aliphatic rings. The van der Waals surface area contributed by atoms with Crippen LogP contribution >= 0.6 is 11.3 Å². The van der Waals surface area contributed by atoms with Gasteiger partial charge in [-0.2, -0.15) is 0 Å². The molecule has 3 aromatic heterocycles. The number of rotatable bonds is 4. The number of fused-ring (bicyclic) bond motifs is 1. The second-order valence-electron chi connectivity index (χ2n) is 5.36. The van der Waals surface area contributed by atoms with Gasteiger partial charge in [0, 0.05) is 17.1 Å². The first-order chi connectivity index (χ1) is 12.2. The topological polar surface area (TPSA) is 50.7 Å². The molecule has 0 bridgehead atoms. The normalized spacial score (nSPS) is 11.0. The van der Waals surface area contributed by atoms with Crippen molar-refractivity contribution < 1.29 is 8.78 Å². The highest BCUT2D eigenvalue weighted by atomic mass is 32.1. The van der Waals surface area contributed by atoms with Crippen LogP contribution < -0.4 is 5.32 Å². The van der Waals surface area contributed by atoms with Crippen LogP contribution in [0.3, 0.4) is 0 Å². The number of pyridine rings is 1. The standard InChI is InChI=1S/C18H12F2N4S/c19-14-5-4-11(7-15(14)20)13-9-25-18-16(13)17(23-10-24-18)22-8-12-3-1-2-6-21-12/h1-7,9-10H,8H2,(H,22,23,24). The van der Waals surface area contributed by atoms with E-state index in [1.54, 1.807) is 12.3 Å². The third-order valence-corrected chi connectivity index (χ3v) is 4.65.